The Morgan fingerprint density at radius 2 is 2.30 bits per heavy atom. The smallest absolute Gasteiger partial charge is 0.340 e. The third-order valence-corrected chi connectivity index (χ3v) is 4.32. The number of carbonyl (C=O) groups is 1. The molecule has 124 valence electrons. The normalized spacial score (nSPS) is 18.3. The van der Waals surface area contributed by atoms with Crippen molar-refractivity contribution in [3.8, 4) is 0 Å². The van der Waals surface area contributed by atoms with E-state index < -0.39 is 0 Å². The van der Waals surface area contributed by atoms with E-state index in [2.05, 4.69) is 20.3 Å². The van der Waals surface area contributed by atoms with E-state index in [-0.39, 0.29) is 17.6 Å². The molecule has 0 aliphatic carbocycles. The summed E-state index contributed by atoms with van der Waals surface area (Å²) in [5.41, 5.74) is -0.331. The number of nitrogens with one attached hydrogen (secondary N) is 2. The van der Waals surface area contributed by atoms with Crippen molar-refractivity contribution in [2.45, 2.75) is 51.1 Å². The highest BCUT2D eigenvalue weighted by Gasteiger charge is 2.26. The van der Waals surface area contributed by atoms with Crippen molar-refractivity contribution in [1.82, 2.24) is 29.9 Å². The first-order chi connectivity index (χ1) is 11.2. The van der Waals surface area contributed by atoms with Crippen LogP contribution in [0.4, 0.5) is 0 Å². The number of hydrogen-bond donors (Lipinski definition) is 2. The van der Waals surface area contributed by atoms with Gasteiger partial charge in [-0.2, -0.15) is 10.2 Å². The summed E-state index contributed by atoms with van der Waals surface area (Å²) in [5, 5.41) is 10.4. The van der Waals surface area contributed by atoms with Crippen LogP contribution in [0.3, 0.4) is 0 Å². The predicted octanol–water partition coefficient (Wildman–Crippen LogP) is 0.698. The zero-order chi connectivity index (χ0) is 16.1. The number of amides is 1. The lowest BCUT2D eigenvalue weighted by atomic mass is 9.98. The van der Waals surface area contributed by atoms with E-state index in [9.17, 15) is 9.59 Å². The second-order valence-corrected chi connectivity index (χ2v) is 5.92. The Morgan fingerprint density at radius 1 is 1.39 bits per heavy atom. The van der Waals surface area contributed by atoms with Crippen LogP contribution in [-0.2, 0) is 17.8 Å². The number of nitrogens with zero attached hydrogens (tertiary/aromatic N) is 4. The van der Waals surface area contributed by atoms with Crippen molar-refractivity contribution in [1.29, 1.82) is 0 Å². The molecule has 0 bridgehead atoms. The third kappa shape index (κ3) is 4.08. The molecule has 2 N–H and O–H groups in total. The first-order valence-electron chi connectivity index (χ1n) is 8.13. The maximum absolute atomic E-state index is 12.5. The van der Waals surface area contributed by atoms with Crippen LogP contribution < -0.4 is 5.69 Å². The molecular formula is C15H22N6O2. The molecule has 1 aliphatic heterocycles. The highest BCUT2D eigenvalue weighted by atomic mass is 16.2. The molecule has 1 unspecified atom stereocenters. The van der Waals surface area contributed by atoms with Gasteiger partial charge in [0.05, 0.1) is 0 Å². The molecule has 1 aliphatic rings. The van der Waals surface area contributed by atoms with Gasteiger partial charge in [0.1, 0.15) is 5.82 Å². The number of hydrogen-bond acceptors (Lipinski definition) is 4. The number of carbonyl (C=O) groups excluding carboxylic acids is 1. The van der Waals surface area contributed by atoms with Crippen LogP contribution in [0.5, 0.6) is 0 Å². The van der Waals surface area contributed by atoms with Crippen LogP contribution in [0.2, 0.25) is 0 Å². The first kappa shape index (κ1) is 15.5. The van der Waals surface area contributed by atoms with E-state index in [0.29, 0.717) is 18.7 Å². The van der Waals surface area contributed by atoms with E-state index in [1.54, 1.807) is 6.20 Å². The molecule has 2 aromatic heterocycles. The number of aromatic nitrogens is 5. The summed E-state index contributed by atoms with van der Waals surface area (Å²) in [7, 11) is 0. The van der Waals surface area contributed by atoms with Crippen LogP contribution in [0.1, 0.15) is 37.9 Å². The molecular weight excluding hydrogens is 296 g/mol. The fraction of sp³-hybridized carbons (Fsp3) is 0.600. The van der Waals surface area contributed by atoms with Gasteiger partial charge < -0.3 is 4.90 Å². The third-order valence-electron chi connectivity index (χ3n) is 4.32. The summed E-state index contributed by atoms with van der Waals surface area (Å²) in [5.74, 6) is 0.674. The Kier molecular flexibility index (Phi) is 4.89. The molecule has 8 heteroatoms. The Bertz CT molecular complexity index is 674. The maximum Gasteiger partial charge on any atom is 0.340 e. The van der Waals surface area contributed by atoms with Gasteiger partial charge >= 0.3 is 5.69 Å². The molecule has 1 saturated heterocycles. The lowest BCUT2D eigenvalue weighted by Crippen LogP contribution is -2.44. The molecule has 0 aromatic carbocycles. The monoisotopic (exact) mass is 318 g/mol. The summed E-state index contributed by atoms with van der Waals surface area (Å²) in [4.78, 5) is 28.1. The minimum Gasteiger partial charge on any atom is -0.340 e. The Hall–Kier alpha value is -2.38. The summed E-state index contributed by atoms with van der Waals surface area (Å²) < 4.78 is 1.91. The topological polar surface area (TPSA) is 99.7 Å². The van der Waals surface area contributed by atoms with Crippen molar-refractivity contribution < 1.29 is 4.79 Å². The van der Waals surface area contributed by atoms with Gasteiger partial charge in [-0.3, -0.25) is 14.5 Å². The van der Waals surface area contributed by atoms with Crippen molar-refractivity contribution in [3.63, 3.8) is 0 Å². The Morgan fingerprint density at radius 3 is 3.04 bits per heavy atom. The summed E-state index contributed by atoms with van der Waals surface area (Å²) in [6, 6.07) is 2.19. The van der Waals surface area contributed by atoms with Gasteiger partial charge in [-0.15, -0.1) is 0 Å². The molecule has 23 heavy (non-hydrogen) atoms. The second kappa shape index (κ2) is 7.26. The van der Waals surface area contributed by atoms with Crippen molar-refractivity contribution in [2.75, 3.05) is 6.54 Å². The minimum absolute atomic E-state index is 0.138. The molecule has 1 atom stereocenters. The molecule has 8 nitrogen and oxygen atoms in total. The highest BCUT2D eigenvalue weighted by Crippen LogP contribution is 2.21. The molecule has 0 radical (unpaired) electrons. The molecule has 3 rings (SSSR count). The van der Waals surface area contributed by atoms with E-state index in [4.69, 9.17) is 0 Å². The summed E-state index contributed by atoms with van der Waals surface area (Å²) in [6.45, 7) is 1.65. The van der Waals surface area contributed by atoms with Crippen molar-refractivity contribution >= 4 is 5.91 Å². The van der Waals surface area contributed by atoms with Crippen LogP contribution in [0.25, 0.3) is 0 Å². The number of aromatic amines is 2. The summed E-state index contributed by atoms with van der Waals surface area (Å²) in [6.07, 6.45) is 8.75. The van der Waals surface area contributed by atoms with E-state index in [1.165, 1.54) is 6.42 Å². The number of H-pyrrole nitrogens is 2. The standard InChI is InChI=1S/C15H22N6O2/c22-14(6-5-13-17-15(23)19-18-13)21-10-2-1-4-12(21)7-11-20-9-3-8-16-20/h3,8-9,12H,1-2,4-7,10-11H2,(H2,17,18,19,23). The summed E-state index contributed by atoms with van der Waals surface area (Å²) >= 11 is 0. The largest absolute Gasteiger partial charge is 0.340 e. The molecule has 1 fully saturated rings. The molecule has 1 amide bonds. The predicted molar refractivity (Wildman–Crippen MR) is 83.7 cm³/mol. The van der Waals surface area contributed by atoms with Crippen molar-refractivity contribution in [3.05, 3.63) is 34.8 Å². The lowest BCUT2D eigenvalue weighted by molar-refractivity contribution is -0.135. The van der Waals surface area contributed by atoms with Crippen molar-refractivity contribution in [2.24, 2.45) is 0 Å². The second-order valence-electron chi connectivity index (χ2n) is 5.92. The molecule has 2 aromatic rings. The Balaban J connectivity index is 1.54. The van der Waals surface area contributed by atoms with Gasteiger partial charge in [-0.05, 0) is 31.7 Å². The quantitative estimate of drug-likeness (QED) is 0.819. The van der Waals surface area contributed by atoms with Gasteiger partial charge in [0.2, 0.25) is 5.91 Å². The maximum atomic E-state index is 12.5. The van der Waals surface area contributed by atoms with Gasteiger partial charge in [0, 0.05) is 44.4 Å². The minimum atomic E-state index is -0.331. The van der Waals surface area contributed by atoms with E-state index in [1.807, 2.05) is 21.8 Å². The average molecular weight is 318 g/mol. The van der Waals surface area contributed by atoms with Gasteiger partial charge in [-0.1, -0.05) is 0 Å². The van der Waals surface area contributed by atoms with Gasteiger partial charge in [0.25, 0.3) is 0 Å². The van der Waals surface area contributed by atoms with Crippen LogP contribution in [-0.4, -0.2) is 48.4 Å². The van der Waals surface area contributed by atoms with Crippen LogP contribution in [0.15, 0.2) is 23.3 Å². The first-order valence-corrected chi connectivity index (χ1v) is 8.13. The molecule has 3 heterocycles. The van der Waals surface area contributed by atoms with Gasteiger partial charge in [0.15, 0.2) is 0 Å². The number of likely N-dealkylation sites (tertiary alicyclic amines) is 1. The van der Waals surface area contributed by atoms with E-state index in [0.717, 1.165) is 32.4 Å². The van der Waals surface area contributed by atoms with Gasteiger partial charge in [-0.25, -0.2) is 9.89 Å². The number of piperidine rings is 1. The van der Waals surface area contributed by atoms with Crippen LogP contribution >= 0.6 is 0 Å². The fourth-order valence-corrected chi connectivity index (χ4v) is 3.14. The SMILES string of the molecule is O=C(CCc1n[nH]c(=O)[nH]1)N1CCCCC1CCn1cccn1. The molecule has 0 spiro atoms. The number of aryl methyl sites for hydroxylation is 2. The molecule has 0 saturated carbocycles. The van der Waals surface area contributed by atoms with Crippen LogP contribution in [0, 0.1) is 0 Å². The lowest BCUT2D eigenvalue weighted by Gasteiger charge is -2.36. The zero-order valence-corrected chi connectivity index (χ0v) is 13.1. The average Bonchev–Trinajstić information content (AvgIpc) is 3.22. The Labute approximate surface area is 133 Å². The highest BCUT2D eigenvalue weighted by molar-refractivity contribution is 5.76. The number of rotatable bonds is 6. The van der Waals surface area contributed by atoms with E-state index >= 15 is 0 Å². The zero-order valence-electron chi connectivity index (χ0n) is 13.1. The fourth-order valence-electron chi connectivity index (χ4n) is 3.14.